The third-order valence-corrected chi connectivity index (χ3v) is 2.40. The molecule has 0 fully saturated rings. The van der Waals surface area contributed by atoms with Gasteiger partial charge in [0.15, 0.2) is 0 Å². The van der Waals surface area contributed by atoms with Crippen LogP contribution in [0.2, 0.25) is 0 Å². The van der Waals surface area contributed by atoms with E-state index in [1.54, 1.807) is 14.1 Å². The summed E-state index contributed by atoms with van der Waals surface area (Å²) in [5.74, 6) is -0.0433. The van der Waals surface area contributed by atoms with E-state index < -0.39 is 5.54 Å². The molecule has 0 spiro atoms. The lowest BCUT2D eigenvalue weighted by molar-refractivity contribution is -0.121. The van der Waals surface area contributed by atoms with E-state index in [1.165, 1.54) is 0 Å². The van der Waals surface area contributed by atoms with Crippen LogP contribution < -0.4 is 16.4 Å². The summed E-state index contributed by atoms with van der Waals surface area (Å²) in [5, 5.41) is 5.08. The molecule has 0 bridgehead atoms. The van der Waals surface area contributed by atoms with Crippen LogP contribution in [0, 0.1) is 0 Å². The second-order valence-corrected chi connectivity index (χ2v) is 4.00. The van der Waals surface area contributed by atoms with Gasteiger partial charge in [0.1, 0.15) is 0 Å². The van der Waals surface area contributed by atoms with Crippen molar-refractivity contribution in [2.45, 2.75) is 65.8 Å². The summed E-state index contributed by atoms with van der Waals surface area (Å²) in [6, 6.07) is 0. The van der Waals surface area contributed by atoms with Crippen LogP contribution in [-0.4, -0.2) is 31.4 Å². The Morgan fingerprint density at radius 1 is 0.895 bits per heavy atom. The van der Waals surface area contributed by atoms with Gasteiger partial charge in [-0.05, 0) is 19.8 Å². The Balaban J connectivity index is -0.000000579. The summed E-state index contributed by atoms with van der Waals surface area (Å²) in [4.78, 5) is 22.0. The zero-order chi connectivity index (χ0) is 15.9. The maximum atomic E-state index is 11.0. The predicted molar refractivity (Wildman–Crippen MR) is 81.9 cm³/mol. The van der Waals surface area contributed by atoms with Crippen LogP contribution in [0.5, 0.6) is 0 Å². The Labute approximate surface area is 118 Å². The van der Waals surface area contributed by atoms with Crippen molar-refractivity contribution >= 4 is 11.8 Å². The summed E-state index contributed by atoms with van der Waals surface area (Å²) in [7, 11) is 3.20. The molecular formula is C14H33N3O2. The van der Waals surface area contributed by atoms with Crippen LogP contribution >= 0.6 is 0 Å². The van der Waals surface area contributed by atoms with E-state index in [0.717, 1.165) is 0 Å². The fourth-order valence-corrected chi connectivity index (χ4v) is 1.17. The van der Waals surface area contributed by atoms with Gasteiger partial charge >= 0.3 is 0 Å². The number of nitrogens with two attached hydrogens (primary N) is 1. The summed E-state index contributed by atoms with van der Waals surface area (Å²) in [6.45, 7) is 9.86. The van der Waals surface area contributed by atoms with Crippen molar-refractivity contribution in [3.8, 4) is 0 Å². The highest BCUT2D eigenvalue weighted by Crippen LogP contribution is 2.15. The first-order valence-corrected chi connectivity index (χ1v) is 7.11. The molecule has 0 aliphatic rings. The van der Waals surface area contributed by atoms with E-state index in [9.17, 15) is 9.59 Å². The summed E-state index contributed by atoms with van der Waals surface area (Å²) >= 11 is 0. The smallest absolute Gasteiger partial charge is 0.219 e. The van der Waals surface area contributed by atoms with Gasteiger partial charge < -0.3 is 16.4 Å². The van der Waals surface area contributed by atoms with Gasteiger partial charge in [-0.1, -0.05) is 27.7 Å². The van der Waals surface area contributed by atoms with E-state index in [0.29, 0.717) is 25.7 Å². The van der Waals surface area contributed by atoms with Crippen molar-refractivity contribution in [3.05, 3.63) is 0 Å². The minimum atomic E-state index is -0.459. The average molecular weight is 275 g/mol. The molecule has 19 heavy (non-hydrogen) atoms. The number of nitrogens with one attached hydrogen (secondary N) is 2. The molecule has 5 nitrogen and oxygen atoms in total. The molecule has 0 radical (unpaired) electrons. The highest BCUT2D eigenvalue weighted by atomic mass is 16.2. The molecule has 0 aliphatic heterocycles. The zero-order valence-electron chi connectivity index (χ0n) is 13.7. The van der Waals surface area contributed by atoms with E-state index in [4.69, 9.17) is 5.73 Å². The molecular weight excluding hydrogens is 242 g/mol. The molecule has 0 saturated carbocycles. The lowest BCUT2D eigenvalue weighted by atomic mass is 9.91. The summed E-state index contributed by atoms with van der Waals surface area (Å²) in [6.07, 6.45) is 1.97. The van der Waals surface area contributed by atoms with Crippen LogP contribution in [0.3, 0.4) is 0 Å². The maximum Gasteiger partial charge on any atom is 0.219 e. The Kier molecular flexibility index (Phi) is 18.1. The maximum absolute atomic E-state index is 11.0. The first-order valence-electron chi connectivity index (χ1n) is 7.11. The Morgan fingerprint density at radius 3 is 1.37 bits per heavy atom. The van der Waals surface area contributed by atoms with E-state index in [1.807, 2.05) is 34.6 Å². The molecule has 0 aromatic carbocycles. The lowest BCUT2D eigenvalue weighted by Crippen LogP contribution is -2.38. The van der Waals surface area contributed by atoms with Crippen LogP contribution in [0.15, 0.2) is 0 Å². The number of carbonyl (C=O) groups is 2. The molecule has 0 aromatic rings. The SMILES string of the molecule is CC.CC.CNC(=O)CCC(C)(N)CCC(=O)NC. The number of amides is 2. The molecule has 0 aromatic heterocycles. The zero-order valence-corrected chi connectivity index (χ0v) is 13.7. The molecule has 2 amide bonds. The number of carbonyl (C=O) groups excluding carboxylic acids is 2. The molecule has 0 heterocycles. The Bertz CT molecular complexity index is 207. The van der Waals surface area contributed by atoms with E-state index in [2.05, 4.69) is 10.6 Å². The van der Waals surface area contributed by atoms with Crippen LogP contribution in [-0.2, 0) is 9.59 Å². The lowest BCUT2D eigenvalue weighted by Gasteiger charge is -2.23. The minimum absolute atomic E-state index is 0.0216. The molecule has 0 unspecified atom stereocenters. The van der Waals surface area contributed by atoms with Crippen molar-refractivity contribution in [2.24, 2.45) is 5.73 Å². The highest BCUT2D eigenvalue weighted by molar-refractivity contribution is 5.76. The number of hydrogen-bond acceptors (Lipinski definition) is 3. The van der Waals surface area contributed by atoms with Gasteiger partial charge in [0.25, 0.3) is 0 Å². The quantitative estimate of drug-likeness (QED) is 0.691. The predicted octanol–water partition coefficient (Wildman–Crippen LogP) is 1.81. The third kappa shape index (κ3) is 16.9. The average Bonchev–Trinajstić information content (AvgIpc) is 2.46. The van der Waals surface area contributed by atoms with Gasteiger partial charge in [-0.15, -0.1) is 0 Å². The highest BCUT2D eigenvalue weighted by Gasteiger charge is 2.20. The van der Waals surface area contributed by atoms with Crippen LogP contribution in [0.4, 0.5) is 0 Å². The fourth-order valence-electron chi connectivity index (χ4n) is 1.17. The van der Waals surface area contributed by atoms with Gasteiger partial charge in [-0.2, -0.15) is 0 Å². The topological polar surface area (TPSA) is 84.2 Å². The van der Waals surface area contributed by atoms with Gasteiger partial charge in [-0.25, -0.2) is 0 Å². The monoisotopic (exact) mass is 275 g/mol. The first kappa shape index (κ1) is 23.0. The molecule has 0 rings (SSSR count). The second kappa shape index (κ2) is 15.0. The van der Waals surface area contributed by atoms with Crippen LogP contribution in [0.1, 0.15) is 60.3 Å². The van der Waals surface area contributed by atoms with Crippen molar-refractivity contribution in [1.82, 2.24) is 10.6 Å². The van der Waals surface area contributed by atoms with Gasteiger partial charge in [-0.3, -0.25) is 9.59 Å². The van der Waals surface area contributed by atoms with Gasteiger partial charge in [0.2, 0.25) is 11.8 Å². The van der Waals surface area contributed by atoms with Crippen LogP contribution in [0.25, 0.3) is 0 Å². The third-order valence-electron chi connectivity index (χ3n) is 2.40. The molecule has 0 aliphatic carbocycles. The fraction of sp³-hybridized carbons (Fsp3) is 0.857. The molecule has 0 saturated heterocycles. The standard InChI is InChI=1S/C10H21N3O2.2C2H6/c1-10(11,6-4-8(14)12-2)7-5-9(15)13-3;2*1-2/h4-7,11H2,1-3H3,(H,12,14)(H,13,15);2*1-2H3. The second-order valence-electron chi connectivity index (χ2n) is 4.00. The number of rotatable bonds is 6. The minimum Gasteiger partial charge on any atom is -0.359 e. The van der Waals surface area contributed by atoms with E-state index in [-0.39, 0.29) is 11.8 Å². The van der Waals surface area contributed by atoms with Gasteiger partial charge in [0.05, 0.1) is 0 Å². The molecule has 5 heteroatoms. The Hall–Kier alpha value is -1.10. The van der Waals surface area contributed by atoms with Gasteiger partial charge in [0, 0.05) is 32.5 Å². The van der Waals surface area contributed by atoms with Crippen molar-refractivity contribution in [1.29, 1.82) is 0 Å². The largest absolute Gasteiger partial charge is 0.359 e. The first-order chi connectivity index (χ1) is 8.91. The number of hydrogen-bond donors (Lipinski definition) is 3. The molecule has 116 valence electrons. The van der Waals surface area contributed by atoms with Crippen molar-refractivity contribution < 1.29 is 9.59 Å². The molecule has 0 atom stereocenters. The van der Waals surface area contributed by atoms with Crippen molar-refractivity contribution in [3.63, 3.8) is 0 Å². The summed E-state index contributed by atoms with van der Waals surface area (Å²) < 4.78 is 0. The molecule has 4 N–H and O–H groups in total. The van der Waals surface area contributed by atoms with Crippen molar-refractivity contribution in [2.75, 3.05) is 14.1 Å². The normalized spacial score (nSPS) is 9.26. The Morgan fingerprint density at radius 2 is 1.16 bits per heavy atom. The van der Waals surface area contributed by atoms with E-state index >= 15 is 0 Å². The summed E-state index contributed by atoms with van der Waals surface area (Å²) in [5.41, 5.74) is 5.50.